The molecule has 0 amide bonds. The van der Waals surface area contributed by atoms with Gasteiger partial charge in [0.1, 0.15) is 11.4 Å². The standard InChI is InChI=1S/C18H14N2O3/c1-11-9-15-13-5-3-4-6-16(13)23-17-10-12(18(21)22-2)7-8-14(17)20(15)19-11/h3-10H,1-2H3. The molecule has 0 N–H and O–H groups in total. The number of para-hydroxylation sites is 1. The molecule has 0 spiro atoms. The number of aryl methyl sites for hydroxylation is 1. The molecule has 5 nitrogen and oxygen atoms in total. The Bertz CT molecular complexity index is 928. The van der Waals surface area contributed by atoms with E-state index in [0.717, 1.165) is 28.4 Å². The van der Waals surface area contributed by atoms with Crippen molar-refractivity contribution in [2.45, 2.75) is 6.92 Å². The van der Waals surface area contributed by atoms with Crippen molar-refractivity contribution < 1.29 is 14.3 Å². The summed E-state index contributed by atoms with van der Waals surface area (Å²) in [6, 6.07) is 15.0. The van der Waals surface area contributed by atoms with E-state index in [1.165, 1.54) is 7.11 Å². The van der Waals surface area contributed by atoms with Crippen molar-refractivity contribution in [3.63, 3.8) is 0 Å². The van der Waals surface area contributed by atoms with Crippen LogP contribution in [0.1, 0.15) is 16.1 Å². The monoisotopic (exact) mass is 306 g/mol. The molecule has 114 valence electrons. The van der Waals surface area contributed by atoms with Gasteiger partial charge in [0.05, 0.1) is 24.1 Å². The Labute approximate surface area is 133 Å². The number of carbonyl (C=O) groups excluding carboxylic acids is 1. The Hall–Kier alpha value is -3.08. The van der Waals surface area contributed by atoms with Crippen molar-refractivity contribution in [3.8, 4) is 28.4 Å². The van der Waals surface area contributed by atoms with Gasteiger partial charge in [-0.05, 0) is 43.3 Å². The molecule has 1 aliphatic rings. The molecule has 0 aliphatic carbocycles. The second-order valence-electron chi connectivity index (χ2n) is 5.36. The third-order valence-corrected chi connectivity index (χ3v) is 3.82. The third kappa shape index (κ3) is 2.09. The fourth-order valence-corrected chi connectivity index (χ4v) is 2.78. The molecular weight excluding hydrogens is 292 g/mol. The number of rotatable bonds is 1. The van der Waals surface area contributed by atoms with E-state index in [-0.39, 0.29) is 0 Å². The van der Waals surface area contributed by atoms with E-state index in [0.29, 0.717) is 11.3 Å². The van der Waals surface area contributed by atoms with Gasteiger partial charge < -0.3 is 9.47 Å². The SMILES string of the molecule is COC(=O)c1ccc2c(c1)Oc1ccccc1-c1cc(C)nn1-2. The van der Waals surface area contributed by atoms with E-state index >= 15 is 0 Å². The topological polar surface area (TPSA) is 53.4 Å². The van der Waals surface area contributed by atoms with E-state index in [9.17, 15) is 4.79 Å². The van der Waals surface area contributed by atoms with E-state index in [2.05, 4.69) is 5.10 Å². The van der Waals surface area contributed by atoms with Crippen LogP contribution in [0.4, 0.5) is 0 Å². The highest BCUT2D eigenvalue weighted by Gasteiger charge is 2.22. The lowest BCUT2D eigenvalue weighted by atomic mass is 10.1. The summed E-state index contributed by atoms with van der Waals surface area (Å²) in [5, 5.41) is 4.57. The summed E-state index contributed by atoms with van der Waals surface area (Å²) in [6.07, 6.45) is 0. The number of nitrogens with zero attached hydrogens (tertiary/aromatic N) is 2. The molecule has 0 saturated carbocycles. The van der Waals surface area contributed by atoms with Crippen LogP contribution in [0.5, 0.6) is 11.5 Å². The maximum Gasteiger partial charge on any atom is 0.337 e. The molecule has 4 rings (SSSR count). The normalized spacial score (nSPS) is 11.6. The van der Waals surface area contributed by atoms with E-state index in [4.69, 9.17) is 9.47 Å². The van der Waals surface area contributed by atoms with Crippen LogP contribution in [0.15, 0.2) is 48.5 Å². The summed E-state index contributed by atoms with van der Waals surface area (Å²) in [6.45, 7) is 1.95. The van der Waals surface area contributed by atoms with E-state index in [1.807, 2.05) is 48.0 Å². The lowest BCUT2D eigenvalue weighted by Gasteiger charge is -2.10. The van der Waals surface area contributed by atoms with Crippen LogP contribution in [0.25, 0.3) is 16.9 Å². The van der Waals surface area contributed by atoms with Crippen molar-refractivity contribution >= 4 is 5.97 Å². The molecule has 0 atom stereocenters. The molecule has 5 heteroatoms. The molecule has 1 aromatic heterocycles. The molecule has 0 saturated heterocycles. The highest BCUT2D eigenvalue weighted by molar-refractivity contribution is 5.90. The second kappa shape index (κ2) is 4.98. The van der Waals surface area contributed by atoms with Gasteiger partial charge in [0, 0.05) is 5.56 Å². The third-order valence-electron chi connectivity index (χ3n) is 3.82. The first kappa shape index (κ1) is 13.6. The lowest BCUT2D eigenvalue weighted by molar-refractivity contribution is 0.0600. The molecule has 1 aliphatic heterocycles. The summed E-state index contributed by atoms with van der Waals surface area (Å²) in [4.78, 5) is 11.8. The van der Waals surface area contributed by atoms with Crippen LogP contribution in [-0.4, -0.2) is 22.9 Å². The van der Waals surface area contributed by atoms with Crippen molar-refractivity contribution in [2.75, 3.05) is 7.11 Å². The molecule has 23 heavy (non-hydrogen) atoms. The molecule has 3 aromatic rings. The Morgan fingerprint density at radius 1 is 1.13 bits per heavy atom. The number of fused-ring (bicyclic) bond motifs is 5. The number of carbonyl (C=O) groups is 1. The zero-order valence-corrected chi connectivity index (χ0v) is 12.7. The number of ether oxygens (including phenoxy) is 2. The van der Waals surface area contributed by atoms with Crippen LogP contribution in [0, 0.1) is 6.92 Å². The number of hydrogen-bond donors (Lipinski definition) is 0. The largest absolute Gasteiger partial charge is 0.465 e. The van der Waals surface area contributed by atoms with Crippen molar-refractivity contribution in [3.05, 3.63) is 59.8 Å². The fourth-order valence-electron chi connectivity index (χ4n) is 2.78. The zero-order chi connectivity index (χ0) is 16.0. The van der Waals surface area contributed by atoms with Crippen molar-refractivity contribution in [1.29, 1.82) is 0 Å². The van der Waals surface area contributed by atoms with Gasteiger partial charge in [-0.3, -0.25) is 0 Å². The minimum atomic E-state index is -0.397. The van der Waals surface area contributed by atoms with Gasteiger partial charge in [-0.2, -0.15) is 5.10 Å². The highest BCUT2D eigenvalue weighted by Crippen LogP contribution is 2.41. The molecule has 2 heterocycles. The lowest BCUT2D eigenvalue weighted by Crippen LogP contribution is -2.04. The zero-order valence-electron chi connectivity index (χ0n) is 12.7. The van der Waals surface area contributed by atoms with Gasteiger partial charge >= 0.3 is 5.97 Å². The first-order valence-electron chi connectivity index (χ1n) is 7.24. The number of aromatic nitrogens is 2. The predicted molar refractivity (Wildman–Crippen MR) is 85.2 cm³/mol. The Morgan fingerprint density at radius 2 is 1.96 bits per heavy atom. The molecule has 0 bridgehead atoms. The number of benzene rings is 2. The first-order valence-corrected chi connectivity index (χ1v) is 7.24. The maximum atomic E-state index is 11.8. The van der Waals surface area contributed by atoms with Gasteiger partial charge in [-0.15, -0.1) is 0 Å². The first-order chi connectivity index (χ1) is 11.2. The summed E-state index contributed by atoms with van der Waals surface area (Å²) in [5.41, 5.74) is 4.07. The average molecular weight is 306 g/mol. The summed E-state index contributed by atoms with van der Waals surface area (Å²) in [5.74, 6) is 0.905. The van der Waals surface area contributed by atoms with Gasteiger partial charge in [-0.1, -0.05) is 12.1 Å². The predicted octanol–water partition coefficient (Wildman–Crippen LogP) is 3.74. The minimum absolute atomic E-state index is 0.397. The van der Waals surface area contributed by atoms with Gasteiger partial charge in [0.2, 0.25) is 0 Å². The van der Waals surface area contributed by atoms with E-state index in [1.54, 1.807) is 12.1 Å². The Kier molecular flexibility index (Phi) is 2.94. The van der Waals surface area contributed by atoms with Crippen LogP contribution in [0.3, 0.4) is 0 Å². The quantitative estimate of drug-likeness (QED) is 0.503. The van der Waals surface area contributed by atoms with Crippen LogP contribution in [0.2, 0.25) is 0 Å². The summed E-state index contributed by atoms with van der Waals surface area (Å²) >= 11 is 0. The second-order valence-corrected chi connectivity index (χ2v) is 5.36. The van der Waals surface area contributed by atoms with Crippen molar-refractivity contribution in [1.82, 2.24) is 9.78 Å². The van der Waals surface area contributed by atoms with Crippen LogP contribution in [-0.2, 0) is 4.74 Å². The molecule has 2 aromatic carbocycles. The Morgan fingerprint density at radius 3 is 2.78 bits per heavy atom. The van der Waals surface area contributed by atoms with Gasteiger partial charge in [-0.25, -0.2) is 9.48 Å². The average Bonchev–Trinajstić information content (AvgIpc) is 2.90. The van der Waals surface area contributed by atoms with Crippen LogP contribution >= 0.6 is 0 Å². The number of methoxy groups -OCH3 is 1. The minimum Gasteiger partial charge on any atom is -0.465 e. The fraction of sp³-hybridized carbons (Fsp3) is 0.111. The molecule has 0 fully saturated rings. The maximum absolute atomic E-state index is 11.8. The number of esters is 1. The molecule has 0 unspecified atom stereocenters. The van der Waals surface area contributed by atoms with Gasteiger partial charge in [0.25, 0.3) is 0 Å². The Balaban J connectivity index is 1.99. The summed E-state index contributed by atoms with van der Waals surface area (Å²) < 4.78 is 12.7. The molecule has 0 radical (unpaired) electrons. The molecular formula is C18H14N2O3. The van der Waals surface area contributed by atoms with E-state index < -0.39 is 5.97 Å². The highest BCUT2D eigenvalue weighted by atomic mass is 16.5. The number of hydrogen-bond acceptors (Lipinski definition) is 4. The van der Waals surface area contributed by atoms with Crippen LogP contribution < -0.4 is 4.74 Å². The van der Waals surface area contributed by atoms with Crippen molar-refractivity contribution in [2.24, 2.45) is 0 Å². The smallest absolute Gasteiger partial charge is 0.337 e. The summed E-state index contributed by atoms with van der Waals surface area (Å²) in [7, 11) is 1.36. The van der Waals surface area contributed by atoms with Gasteiger partial charge in [0.15, 0.2) is 5.75 Å².